The van der Waals surface area contributed by atoms with Gasteiger partial charge in [-0.05, 0) is 44.5 Å². The van der Waals surface area contributed by atoms with E-state index in [9.17, 15) is 9.59 Å². The molecule has 3 aromatic rings. The number of aromatic nitrogens is 1. The van der Waals surface area contributed by atoms with Crippen molar-refractivity contribution >= 4 is 34.7 Å². The molecule has 31 heavy (non-hydrogen) atoms. The van der Waals surface area contributed by atoms with Crippen LogP contribution in [0.15, 0.2) is 48.5 Å². The number of fused-ring (bicyclic) bond motifs is 3. The van der Waals surface area contributed by atoms with Crippen LogP contribution in [0.3, 0.4) is 0 Å². The molecule has 1 amide bonds. The highest BCUT2D eigenvalue weighted by atomic mass is 35.5. The number of carbonyl (C=O) groups is 2. The van der Waals surface area contributed by atoms with E-state index in [0.717, 1.165) is 16.0 Å². The molecule has 0 spiro atoms. The molecule has 0 aliphatic carbocycles. The van der Waals surface area contributed by atoms with Gasteiger partial charge in [0.05, 0.1) is 18.3 Å². The predicted molar refractivity (Wildman–Crippen MR) is 116 cm³/mol. The number of hydrogen-bond acceptors (Lipinski definition) is 5. The molecule has 0 radical (unpaired) electrons. The molecule has 162 valence electrons. The summed E-state index contributed by atoms with van der Waals surface area (Å²) in [6.45, 7) is 5.53. The van der Waals surface area contributed by atoms with Crippen LogP contribution in [0, 0.1) is 0 Å². The number of hydroxylamine groups is 2. The first-order valence-corrected chi connectivity index (χ1v) is 10.2. The Kier molecular flexibility index (Phi) is 5.41. The highest BCUT2D eigenvalue weighted by molar-refractivity contribution is 6.30. The number of halogens is 1. The largest absolute Gasteiger partial charge is 0.451 e. The van der Waals surface area contributed by atoms with Crippen molar-refractivity contribution in [1.82, 2.24) is 9.63 Å². The molecule has 0 fully saturated rings. The average Bonchev–Trinajstić information content (AvgIpc) is 3.06. The second-order valence-corrected chi connectivity index (χ2v) is 8.66. The van der Waals surface area contributed by atoms with Crippen LogP contribution in [0.25, 0.3) is 10.9 Å². The minimum atomic E-state index is -0.742. The third-order valence-corrected chi connectivity index (χ3v) is 5.23. The van der Waals surface area contributed by atoms with Crippen molar-refractivity contribution in [2.45, 2.75) is 39.0 Å². The molecule has 7 nitrogen and oxygen atoms in total. The third-order valence-electron chi connectivity index (χ3n) is 4.98. The molecule has 0 saturated carbocycles. The van der Waals surface area contributed by atoms with E-state index in [4.69, 9.17) is 25.9 Å². The number of amides is 1. The van der Waals surface area contributed by atoms with Crippen LogP contribution in [0.1, 0.15) is 43.6 Å². The van der Waals surface area contributed by atoms with E-state index in [-0.39, 0.29) is 6.61 Å². The summed E-state index contributed by atoms with van der Waals surface area (Å²) >= 11 is 6.08. The molecule has 1 aliphatic heterocycles. The van der Waals surface area contributed by atoms with Crippen LogP contribution in [0.4, 0.5) is 9.59 Å². The second-order valence-electron chi connectivity index (χ2n) is 8.22. The van der Waals surface area contributed by atoms with E-state index in [1.807, 2.05) is 45.0 Å². The van der Waals surface area contributed by atoms with Crippen LogP contribution in [-0.4, -0.2) is 34.5 Å². The Morgan fingerprint density at radius 2 is 1.74 bits per heavy atom. The highest BCUT2D eigenvalue weighted by Gasteiger charge is 2.40. The Morgan fingerprint density at radius 1 is 1.06 bits per heavy atom. The maximum atomic E-state index is 13.3. The van der Waals surface area contributed by atoms with E-state index in [1.54, 1.807) is 24.3 Å². The fraction of sp³-hybridized carbons (Fsp3) is 0.304. The van der Waals surface area contributed by atoms with Crippen LogP contribution < -0.4 is 0 Å². The smallest absolute Gasteiger partial charge is 0.434 e. The minimum absolute atomic E-state index is 0.102. The molecule has 2 aromatic carbocycles. The standard InChI is InChI=1S/C23H23ClN2O5/c1-23(2,3)31-21(27)25-18-8-6-5-7-16(18)17-13-30-26(22(28)29-4)19(20(17)25)14-9-11-15(24)12-10-14/h5-12,19H,13H2,1-4H3. The van der Waals surface area contributed by atoms with Gasteiger partial charge in [0.25, 0.3) is 0 Å². The zero-order chi connectivity index (χ0) is 22.3. The maximum absolute atomic E-state index is 13.3. The monoisotopic (exact) mass is 442 g/mol. The van der Waals surface area contributed by atoms with Gasteiger partial charge >= 0.3 is 12.2 Å². The summed E-state index contributed by atoms with van der Waals surface area (Å²) in [7, 11) is 1.28. The lowest BCUT2D eigenvalue weighted by atomic mass is 9.98. The summed E-state index contributed by atoms with van der Waals surface area (Å²) in [5.41, 5.74) is 2.09. The molecular formula is C23H23ClN2O5. The van der Waals surface area contributed by atoms with E-state index < -0.39 is 23.8 Å². The first-order valence-electron chi connectivity index (χ1n) is 9.82. The van der Waals surface area contributed by atoms with Crippen molar-refractivity contribution in [3.8, 4) is 0 Å². The van der Waals surface area contributed by atoms with Gasteiger partial charge in [-0.2, -0.15) is 5.06 Å². The Labute approximate surface area is 185 Å². The van der Waals surface area contributed by atoms with E-state index in [1.165, 1.54) is 11.7 Å². The number of hydrogen-bond donors (Lipinski definition) is 0. The molecule has 0 N–H and O–H groups in total. The SMILES string of the molecule is COC(=O)N1OCc2c(n(C(=O)OC(C)(C)C)c3ccccc23)C1c1ccc(Cl)cc1. The van der Waals surface area contributed by atoms with E-state index >= 15 is 0 Å². The zero-order valence-electron chi connectivity index (χ0n) is 17.7. The molecule has 1 aliphatic rings. The van der Waals surface area contributed by atoms with Gasteiger partial charge < -0.3 is 9.47 Å². The Bertz CT molecular complexity index is 1150. The first-order chi connectivity index (χ1) is 14.7. The summed E-state index contributed by atoms with van der Waals surface area (Å²) in [6.07, 6.45) is -1.21. The molecule has 0 bridgehead atoms. The van der Waals surface area contributed by atoms with Crippen molar-refractivity contribution in [2.75, 3.05) is 7.11 Å². The lowest BCUT2D eigenvalue weighted by Gasteiger charge is -2.35. The van der Waals surface area contributed by atoms with Crippen molar-refractivity contribution in [2.24, 2.45) is 0 Å². The van der Waals surface area contributed by atoms with Crippen molar-refractivity contribution in [1.29, 1.82) is 0 Å². The summed E-state index contributed by atoms with van der Waals surface area (Å²) in [5, 5.41) is 2.55. The van der Waals surface area contributed by atoms with Gasteiger partial charge in [0.1, 0.15) is 18.2 Å². The summed E-state index contributed by atoms with van der Waals surface area (Å²) in [4.78, 5) is 31.7. The Hall–Kier alpha value is -3.03. The van der Waals surface area contributed by atoms with Gasteiger partial charge in [0.15, 0.2) is 0 Å². The van der Waals surface area contributed by atoms with Crippen molar-refractivity contribution < 1.29 is 23.9 Å². The lowest BCUT2D eigenvalue weighted by molar-refractivity contribution is -0.173. The van der Waals surface area contributed by atoms with Crippen LogP contribution in [-0.2, 0) is 20.9 Å². The van der Waals surface area contributed by atoms with Gasteiger partial charge in [-0.1, -0.05) is 41.9 Å². The number of benzene rings is 2. The number of rotatable bonds is 1. The van der Waals surface area contributed by atoms with E-state index in [0.29, 0.717) is 21.8 Å². The Morgan fingerprint density at radius 3 is 2.39 bits per heavy atom. The summed E-state index contributed by atoms with van der Waals surface area (Å²) in [5.74, 6) is 0. The maximum Gasteiger partial charge on any atom is 0.434 e. The summed E-state index contributed by atoms with van der Waals surface area (Å²) in [6, 6.07) is 13.8. The number of methoxy groups -OCH3 is 1. The van der Waals surface area contributed by atoms with Crippen LogP contribution >= 0.6 is 11.6 Å². The fourth-order valence-corrected chi connectivity index (χ4v) is 3.90. The second kappa shape index (κ2) is 7.90. The molecule has 1 aromatic heterocycles. The summed E-state index contributed by atoms with van der Waals surface area (Å²) < 4.78 is 12.2. The highest BCUT2D eigenvalue weighted by Crippen LogP contribution is 2.42. The van der Waals surface area contributed by atoms with Gasteiger partial charge in [0.2, 0.25) is 0 Å². The zero-order valence-corrected chi connectivity index (χ0v) is 18.5. The number of carbonyl (C=O) groups excluding carboxylic acids is 2. The Balaban J connectivity index is 2.00. The fourth-order valence-electron chi connectivity index (χ4n) is 3.78. The molecule has 8 heteroatoms. The molecule has 0 saturated heterocycles. The number of para-hydroxylation sites is 1. The average molecular weight is 443 g/mol. The van der Waals surface area contributed by atoms with Crippen molar-refractivity contribution in [3.63, 3.8) is 0 Å². The van der Waals surface area contributed by atoms with Gasteiger partial charge in [-0.3, -0.25) is 4.84 Å². The molecular weight excluding hydrogens is 420 g/mol. The number of ether oxygens (including phenoxy) is 2. The molecule has 2 heterocycles. The van der Waals surface area contributed by atoms with Gasteiger partial charge in [-0.25, -0.2) is 14.2 Å². The van der Waals surface area contributed by atoms with E-state index in [2.05, 4.69) is 0 Å². The first kappa shape index (κ1) is 21.2. The molecule has 4 rings (SSSR count). The molecule has 1 unspecified atom stereocenters. The lowest BCUT2D eigenvalue weighted by Crippen LogP contribution is -2.41. The number of nitrogens with zero attached hydrogens (tertiary/aromatic N) is 2. The topological polar surface area (TPSA) is 70.0 Å². The predicted octanol–water partition coefficient (Wildman–Crippen LogP) is 5.68. The minimum Gasteiger partial charge on any atom is -0.451 e. The normalized spacial score (nSPS) is 16.2. The quantitative estimate of drug-likeness (QED) is 0.484. The van der Waals surface area contributed by atoms with Crippen LogP contribution in [0.2, 0.25) is 5.02 Å². The van der Waals surface area contributed by atoms with Crippen LogP contribution in [0.5, 0.6) is 0 Å². The van der Waals surface area contributed by atoms with Gasteiger partial charge in [-0.15, -0.1) is 0 Å². The third kappa shape index (κ3) is 3.86. The molecule has 1 atom stereocenters. The van der Waals surface area contributed by atoms with Gasteiger partial charge in [0, 0.05) is 16.0 Å². The van der Waals surface area contributed by atoms with Crippen molar-refractivity contribution in [3.05, 3.63) is 70.4 Å².